The Balaban J connectivity index is 2.47. The molecule has 0 saturated heterocycles. The second-order valence-corrected chi connectivity index (χ2v) is 3.72. The van der Waals surface area contributed by atoms with Crippen LogP contribution in [-0.4, -0.2) is 6.54 Å². The van der Waals surface area contributed by atoms with Crippen molar-refractivity contribution in [2.75, 3.05) is 6.54 Å². The average molecular weight is 220 g/mol. The van der Waals surface area contributed by atoms with Gasteiger partial charge in [-0.25, -0.2) is 0 Å². The maximum Gasteiger partial charge on any atom is 0.122 e. The van der Waals surface area contributed by atoms with Crippen molar-refractivity contribution >= 4 is 10.8 Å². The summed E-state index contributed by atoms with van der Waals surface area (Å²) in [5.41, 5.74) is 0.973. The first-order chi connectivity index (χ1) is 8.36. The number of nitrogens with one attached hydrogen (secondary N) is 1. The van der Waals surface area contributed by atoms with Crippen LogP contribution in [0.5, 0.6) is 0 Å². The van der Waals surface area contributed by atoms with E-state index in [9.17, 15) is 5.26 Å². The standard InChI is InChI=1S/C15H12N2/c1-2-10-17-15(11-16)14-9-5-7-12-6-3-4-8-13(12)14/h1,3-9,15,17H,10H2. The van der Waals surface area contributed by atoms with E-state index in [1.54, 1.807) is 0 Å². The Hall–Kier alpha value is -2.29. The number of nitriles is 1. The number of hydrogen-bond acceptors (Lipinski definition) is 2. The van der Waals surface area contributed by atoms with Gasteiger partial charge in [0, 0.05) is 0 Å². The number of rotatable bonds is 3. The van der Waals surface area contributed by atoms with Crippen LogP contribution in [0.3, 0.4) is 0 Å². The number of benzene rings is 2. The quantitative estimate of drug-likeness (QED) is 0.807. The van der Waals surface area contributed by atoms with Gasteiger partial charge >= 0.3 is 0 Å². The van der Waals surface area contributed by atoms with Crippen molar-refractivity contribution in [2.45, 2.75) is 6.04 Å². The highest BCUT2D eigenvalue weighted by atomic mass is 14.9. The van der Waals surface area contributed by atoms with Gasteiger partial charge in [0.1, 0.15) is 6.04 Å². The normalized spacial score (nSPS) is 11.6. The van der Waals surface area contributed by atoms with E-state index in [0.717, 1.165) is 16.3 Å². The first-order valence-corrected chi connectivity index (χ1v) is 5.41. The molecule has 0 aliphatic heterocycles. The van der Waals surface area contributed by atoms with Gasteiger partial charge < -0.3 is 0 Å². The monoisotopic (exact) mass is 220 g/mol. The fourth-order valence-electron chi connectivity index (χ4n) is 1.89. The fraction of sp³-hybridized carbons (Fsp3) is 0.133. The highest BCUT2D eigenvalue weighted by Crippen LogP contribution is 2.23. The second-order valence-electron chi connectivity index (χ2n) is 3.72. The molecule has 17 heavy (non-hydrogen) atoms. The molecular weight excluding hydrogens is 208 g/mol. The minimum absolute atomic E-state index is 0.364. The third kappa shape index (κ3) is 2.28. The summed E-state index contributed by atoms with van der Waals surface area (Å²) >= 11 is 0. The molecule has 0 bridgehead atoms. The first kappa shape index (κ1) is 11.2. The maximum atomic E-state index is 9.18. The molecule has 1 N–H and O–H groups in total. The van der Waals surface area contributed by atoms with Crippen LogP contribution in [0.4, 0.5) is 0 Å². The van der Waals surface area contributed by atoms with Gasteiger partial charge in [-0.3, -0.25) is 5.32 Å². The molecule has 2 heteroatoms. The minimum atomic E-state index is -0.364. The van der Waals surface area contributed by atoms with Crippen LogP contribution in [0.2, 0.25) is 0 Å². The van der Waals surface area contributed by atoms with Crippen LogP contribution in [0.25, 0.3) is 10.8 Å². The predicted molar refractivity (Wildman–Crippen MR) is 69.1 cm³/mol. The largest absolute Gasteiger partial charge is 0.287 e. The molecule has 0 amide bonds. The zero-order valence-electron chi connectivity index (χ0n) is 9.35. The van der Waals surface area contributed by atoms with Crippen LogP contribution in [0.15, 0.2) is 42.5 Å². The molecule has 2 aromatic rings. The van der Waals surface area contributed by atoms with Crippen LogP contribution in [-0.2, 0) is 0 Å². The van der Waals surface area contributed by atoms with Gasteiger partial charge in [-0.2, -0.15) is 5.26 Å². The summed E-state index contributed by atoms with van der Waals surface area (Å²) in [6.45, 7) is 0.390. The zero-order valence-corrected chi connectivity index (χ0v) is 9.35. The highest BCUT2D eigenvalue weighted by molar-refractivity contribution is 5.86. The van der Waals surface area contributed by atoms with Crippen LogP contribution in [0.1, 0.15) is 11.6 Å². The molecule has 0 spiro atoms. The van der Waals surface area contributed by atoms with Gasteiger partial charge in [-0.1, -0.05) is 48.4 Å². The summed E-state index contributed by atoms with van der Waals surface area (Å²) in [4.78, 5) is 0. The number of hydrogen-bond donors (Lipinski definition) is 1. The lowest BCUT2D eigenvalue weighted by molar-refractivity contribution is 0.695. The summed E-state index contributed by atoms with van der Waals surface area (Å²) < 4.78 is 0. The Morgan fingerprint density at radius 1 is 1.18 bits per heavy atom. The summed E-state index contributed by atoms with van der Waals surface area (Å²) in [7, 11) is 0. The summed E-state index contributed by atoms with van der Waals surface area (Å²) in [6.07, 6.45) is 5.20. The second kappa shape index (κ2) is 5.16. The lowest BCUT2D eigenvalue weighted by Crippen LogP contribution is -2.20. The summed E-state index contributed by atoms with van der Waals surface area (Å²) in [6, 6.07) is 15.8. The number of fused-ring (bicyclic) bond motifs is 1. The lowest BCUT2D eigenvalue weighted by Gasteiger charge is -2.12. The molecule has 0 saturated carbocycles. The lowest BCUT2D eigenvalue weighted by atomic mass is 9.99. The minimum Gasteiger partial charge on any atom is -0.287 e. The van der Waals surface area contributed by atoms with Crippen molar-refractivity contribution < 1.29 is 0 Å². The van der Waals surface area contributed by atoms with Gasteiger partial charge in [-0.05, 0) is 16.3 Å². The van der Waals surface area contributed by atoms with Crippen molar-refractivity contribution in [3.8, 4) is 18.4 Å². The van der Waals surface area contributed by atoms with E-state index >= 15 is 0 Å². The van der Waals surface area contributed by atoms with E-state index in [-0.39, 0.29) is 6.04 Å². The van der Waals surface area contributed by atoms with Crippen molar-refractivity contribution in [1.29, 1.82) is 5.26 Å². The van der Waals surface area contributed by atoms with Crippen molar-refractivity contribution in [3.05, 3.63) is 48.0 Å². The molecule has 0 aliphatic rings. The smallest absolute Gasteiger partial charge is 0.122 e. The van der Waals surface area contributed by atoms with Gasteiger partial charge in [0.05, 0.1) is 12.6 Å². The molecular formula is C15H12N2. The predicted octanol–water partition coefficient (Wildman–Crippen LogP) is 2.63. The summed E-state index contributed by atoms with van der Waals surface area (Å²) in [5.74, 6) is 2.49. The van der Waals surface area contributed by atoms with Crippen LogP contribution >= 0.6 is 0 Å². The van der Waals surface area contributed by atoms with E-state index in [4.69, 9.17) is 6.42 Å². The van der Waals surface area contributed by atoms with E-state index in [2.05, 4.69) is 17.3 Å². The molecule has 0 aromatic heterocycles. The van der Waals surface area contributed by atoms with Gasteiger partial charge in [-0.15, -0.1) is 6.42 Å². The molecule has 2 aromatic carbocycles. The van der Waals surface area contributed by atoms with E-state index < -0.39 is 0 Å². The zero-order chi connectivity index (χ0) is 12.1. The molecule has 1 unspecified atom stereocenters. The molecule has 2 nitrogen and oxygen atoms in total. The Bertz CT molecular complexity index is 597. The Kier molecular flexibility index (Phi) is 3.40. The molecule has 2 rings (SSSR count). The first-order valence-electron chi connectivity index (χ1n) is 5.41. The molecule has 0 aliphatic carbocycles. The fourth-order valence-corrected chi connectivity index (χ4v) is 1.89. The van der Waals surface area contributed by atoms with Crippen molar-refractivity contribution in [2.24, 2.45) is 0 Å². The third-order valence-corrected chi connectivity index (χ3v) is 2.67. The van der Waals surface area contributed by atoms with Gasteiger partial charge in [0.2, 0.25) is 0 Å². The number of terminal acetylenes is 1. The summed E-state index contributed by atoms with van der Waals surface area (Å²) in [5, 5.41) is 14.4. The van der Waals surface area contributed by atoms with Crippen molar-refractivity contribution in [1.82, 2.24) is 5.32 Å². The Morgan fingerprint density at radius 3 is 2.71 bits per heavy atom. The van der Waals surface area contributed by atoms with Crippen LogP contribution in [0, 0.1) is 23.7 Å². The van der Waals surface area contributed by atoms with E-state index in [1.165, 1.54) is 0 Å². The molecule has 82 valence electrons. The van der Waals surface area contributed by atoms with Gasteiger partial charge in [0.15, 0.2) is 0 Å². The Morgan fingerprint density at radius 2 is 1.94 bits per heavy atom. The molecule has 0 radical (unpaired) electrons. The van der Waals surface area contributed by atoms with Crippen LogP contribution < -0.4 is 5.32 Å². The molecule has 0 fully saturated rings. The third-order valence-electron chi connectivity index (χ3n) is 2.67. The molecule has 0 heterocycles. The van der Waals surface area contributed by atoms with E-state index in [0.29, 0.717) is 6.54 Å². The Labute approximate surface area is 101 Å². The molecule has 1 atom stereocenters. The number of nitrogens with zero attached hydrogens (tertiary/aromatic N) is 1. The SMILES string of the molecule is C#CCNC(C#N)c1cccc2ccccc12. The highest BCUT2D eigenvalue weighted by Gasteiger charge is 2.11. The maximum absolute atomic E-state index is 9.18. The van der Waals surface area contributed by atoms with Crippen molar-refractivity contribution in [3.63, 3.8) is 0 Å². The average Bonchev–Trinajstić information content (AvgIpc) is 2.40. The van der Waals surface area contributed by atoms with Gasteiger partial charge in [0.25, 0.3) is 0 Å². The topological polar surface area (TPSA) is 35.8 Å². The van der Waals surface area contributed by atoms with E-state index in [1.807, 2.05) is 42.5 Å².